The number of benzene rings is 1. The highest BCUT2D eigenvalue weighted by molar-refractivity contribution is 7.17. The fourth-order valence-corrected chi connectivity index (χ4v) is 4.37. The zero-order chi connectivity index (χ0) is 23.0. The van der Waals surface area contributed by atoms with Gasteiger partial charge in [-0.15, -0.1) is 21.5 Å². The number of aromatic nitrogens is 4. The van der Waals surface area contributed by atoms with Gasteiger partial charge in [0.05, 0.1) is 5.52 Å². The Hall–Kier alpha value is -3.53. The molecule has 0 spiro atoms. The van der Waals surface area contributed by atoms with Crippen LogP contribution in [-0.4, -0.2) is 37.1 Å². The lowest BCUT2D eigenvalue weighted by Crippen LogP contribution is -2.45. The van der Waals surface area contributed by atoms with E-state index in [1.54, 1.807) is 23.6 Å². The van der Waals surface area contributed by atoms with Crippen molar-refractivity contribution in [3.63, 3.8) is 0 Å². The summed E-state index contributed by atoms with van der Waals surface area (Å²) < 4.78 is 9.21. The number of fused-ring (bicyclic) bond motifs is 3. The van der Waals surface area contributed by atoms with Crippen molar-refractivity contribution in [2.24, 2.45) is 13.0 Å². The smallest absolute Gasteiger partial charge is 0.329 e. The van der Waals surface area contributed by atoms with Crippen molar-refractivity contribution < 1.29 is 14.3 Å². The number of carbonyl (C=O) groups is 2. The number of nitrogens with zero attached hydrogens (tertiary/aromatic N) is 4. The molecule has 166 valence electrons. The minimum atomic E-state index is -0.827. The zero-order valence-corrected chi connectivity index (χ0v) is 19.0. The highest BCUT2D eigenvalue weighted by Crippen LogP contribution is 2.20. The predicted molar refractivity (Wildman–Crippen MR) is 121 cm³/mol. The van der Waals surface area contributed by atoms with E-state index in [0.29, 0.717) is 27.4 Å². The van der Waals surface area contributed by atoms with Crippen molar-refractivity contribution in [3.05, 3.63) is 63.0 Å². The van der Waals surface area contributed by atoms with Gasteiger partial charge < -0.3 is 10.1 Å². The molecule has 0 fully saturated rings. The van der Waals surface area contributed by atoms with Gasteiger partial charge >= 0.3 is 5.97 Å². The third kappa shape index (κ3) is 3.77. The van der Waals surface area contributed by atoms with E-state index in [1.165, 1.54) is 15.9 Å². The number of hydrogen-bond acceptors (Lipinski definition) is 7. The first kappa shape index (κ1) is 21.7. The number of ether oxygens (including phenoxy) is 1. The average Bonchev–Trinajstić information content (AvgIpc) is 3.41. The molecule has 9 nitrogen and oxygen atoms in total. The molecule has 3 heterocycles. The van der Waals surface area contributed by atoms with Crippen molar-refractivity contribution >= 4 is 39.2 Å². The van der Waals surface area contributed by atoms with Gasteiger partial charge in [0, 0.05) is 12.6 Å². The second-order valence-corrected chi connectivity index (χ2v) is 8.78. The van der Waals surface area contributed by atoms with E-state index in [0.717, 1.165) is 5.56 Å². The van der Waals surface area contributed by atoms with Gasteiger partial charge in [-0.05, 0) is 35.9 Å². The van der Waals surface area contributed by atoms with Crippen LogP contribution in [0, 0.1) is 12.8 Å². The molecule has 4 rings (SSSR count). The molecule has 4 aromatic rings. The molecule has 32 heavy (non-hydrogen) atoms. The molecular weight excluding hydrogens is 430 g/mol. The molecule has 0 aliphatic rings. The molecular formula is C22H23N5O4S. The zero-order valence-electron chi connectivity index (χ0n) is 18.2. The van der Waals surface area contributed by atoms with Crippen LogP contribution in [0.2, 0.25) is 0 Å². The first-order valence-electron chi connectivity index (χ1n) is 10.1. The van der Waals surface area contributed by atoms with Crippen molar-refractivity contribution in [2.45, 2.75) is 33.4 Å². The topological polar surface area (TPSA) is 108 Å². The highest BCUT2D eigenvalue weighted by atomic mass is 32.1. The summed E-state index contributed by atoms with van der Waals surface area (Å²) in [4.78, 5) is 38.0. The van der Waals surface area contributed by atoms with Crippen molar-refractivity contribution in [1.29, 1.82) is 0 Å². The first-order chi connectivity index (χ1) is 15.3. The van der Waals surface area contributed by atoms with Gasteiger partial charge in [-0.25, -0.2) is 4.79 Å². The molecule has 0 saturated carbocycles. The highest BCUT2D eigenvalue weighted by Gasteiger charge is 2.27. The Morgan fingerprint density at radius 3 is 2.66 bits per heavy atom. The maximum absolute atomic E-state index is 12.9. The molecule has 0 unspecified atom stereocenters. The monoisotopic (exact) mass is 453 g/mol. The number of amides is 1. The molecule has 1 N–H and O–H groups in total. The normalized spacial score (nSPS) is 12.4. The van der Waals surface area contributed by atoms with E-state index in [1.807, 2.05) is 44.4 Å². The van der Waals surface area contributed by atoms with Crippen LogP contribution in [0.25, 0.3) is 16.0 Å². The Bertz CT molecular complexity index is 1380. The summed E-state index contributed by atoms with van der Waals surface area (Å²) >= 11 is 1.33. The minimum Gasteiger partial charge on any atom is -0.456 e. The van der Waals surface area contributed by atoms with Crippen LogP contribution >= 0.6 is 11.3 Å². The van der Waals surface area contributed by atoms with Gasteiger partial charge in [0.2, 0.25) is 5.78 Å². The Kier molecular flexibility index (Phi) is 5.79. The number of carbonyl (C=O) groups excluding carboxylic acids is 2. The van der Waals surface area contributed by atoms with E-state index in [4.69, 9.17) is 4.74 Å². The van der Waals surface area contributed by atoms with Crippen LogP contribution in [0.3, 0.4) is 0 Å². The third-order valence-electron chi connectivity index (χ3n) is 5.34. The second-order valence-electron chi connectivity index (χ2n) is 7.87. The van der Waals surface area contributed by atoms with Gasteiger partial charge in [0.1, 0.15) is 10.7 Å². The molecule has 0 bridgehead atoms. The summed E-state index contributed by atoms with van der Waals surface area (Å²) in [6.45, 7) is 5.36. The number of aryl methyl sites for hydroxylation is 2. The first-order valence-corrected chi connectivity index (χ1v) is 11.0. The molecule has 10 heteroatoms. The van der Waals surface area contributed by atoms with Gasteiger partial charge in [-0.1, -0.05) is 32.0 Å². The summed E-state index contributed by atoms with van der Waals surface area (Å²) in [6, 6.07) is 8.16. The third-order valence-corrected chi connectivity index (χ3v) is 6.23. The van der Waals surface area contributed by atoms with E-state index < -0.39 is 12.0 Å². The quantitative estimate of drug-likeness (QED) is 0.450. The number of rotatable bonds is 6. The minimum absolute atomic E-state index is 0.146. The molecule has 0 aliphatic heterocycles. The SMILES string of the molecule is Cc1ccccc1C(=O)N[C@H](C(=O)OCc1nnc2n(C)c(=O)c3sccc3n12)C(C)C. The Balaban J connectivity index is 1.56. The Labute approximate surface area is 187 Å². The lowest BCUT2D eigenvalue weighted by atomic mass is 10.0. The fraction of sp³-hybridized carbons (Fsp3) is 0.318. The molecule has 0 aliphatic carbocycles. The summed E-state index contributed by atoms with van der Waals surface area (Å²) in [5, 5.41) is 12.8. The van der Waals surface area contributed by atoms with Crippen LogP contribution < -0.4 is 10.9 Å². The number of esters is 1. The summed E-state index contributed by atoms with van der Waals surface area (Å²) in [5.74, 6) is -0.331. The fourth-order valence-electron chi connectivity index (χ4n) is 3.52. The maximum atomic E-state index is 12.9. The Morgan fingerprint density at radius 2 is 1.94 bits per heavy atom. The molecule has 0 saturated heterocycles. The predicted octanol–water partition coefficient (Wildman–Crippen LogP) is 2.45. The van der Waals surface area contributed by atoms with Crippen LogP contribution in [-0.2, 0) is 23.2 Å². The Morgan fingerprint density at radius 1 is 1.19 bits per heavy atom. The lowest BCUT2D eigenvalue weighted by Gasteiger charge is -2.21. The molecule has 1 aromatic carbocycles. The van der Waals surface area contributed by atoms with Crippen LogP contribution in [0.4, 0.5) is 0 Å². The standard InChI is InChI=1S/C22H23N5O4S/c1-12(2)17(23-19(28)14-8-6-5-7-13(14)3)21(30)31-11-16-24-25-22-26(4)20(29)18-15(27(16)22)9-10-32-18/h5-10,12,17H,11H2,1-4H3,(H,23,28)/t17-/m0/s1. The van der Waals surface area contributed by atoms with Crippen molar-refractivity contribution in [1.82, 2.24) is 24.5 Å². The van der Waals surface area contributed by atoms with Gasteiger partial charge in [0.25, 0.3) is 11.5 Å². The van der Waals surface area contributed by atoms with Crippen molar-refractivity contribution in [2.75, 3.05) is 0 Å². The van der Waals surface area contributed by atoms with Crippen LogP contribution in [0.5, 0.6) is 0 Å². The number of nitrogens with one attached hydrogen (secondary N) is 1. The molecule has 3 aromatic heterocycles. The average molecular weight is 454 g/mol. The van der Waals surface area contributed by atoms with Crippen LogP contribution in [0.15, 0.2) is 40.5 Å². The van der Waals surface area contributed by atoms with Crippen LogP contribution in [0.1, 0.15) is 35.6 Å². The number of thiophene rings is 1. The van der Waals surface area contributed by atoms with E-state index in [-0.39, 0.29) is 24.0 Å². The molecule has 1 amide bonds. The summed E-state index contributed by atoms with van der Waals surface area (Å²) in [7, 11) is 1.62. The number of hydrogen-bond donors (Lipinski definition) is 1. The second kappa shape index (κ2) is 8.54. The molecule has 0 radical (unpaired) electrons. The summed E-state index contributed by atoms with van der Waals surface area (Å²) in [6.07, 6.45) is 0. The van der Waals surface area contributed by atoms with E-state index in [9.17, 15) is 14.4 Å². The maximum Gasteiger partial charge on any atom is 0.329 e. The van der Waals surface area contributed by atoms with Crippen molar-refractivity contribution in [3.8, 4) is 0 Å². The van der Waals surface area contributed by atoms with E-state index >= 15 is 0 Å². The van der Waals surface area contributed by atoms with Gasteiger partial charge in [-0.3, -0.25) is 18.6 Å². The largest absolute Gasteiger partial charge is 0.456 e. The lowest BCUT2D eigenvalue weighted by molar-refractivity contribution is -0.148. The summed E-state index contributed by atoms with van der Waals surface area (Å²) in [5.41, 5.74) is 1.84. The van der Waals surface area contributed by atoms with Gasteiger partial charge in [0.15, 0.2) is 12.4 Å². The molecule has 1 atom stereocenters. The van der Waals surface area contributed by atoms with E-state index in [2.05, 4.69) is 15.5 Å². The van der Waals surface area contributed by atoms with Gasteiger partial charge in [-0.2, -0.15) is 0 Å².